The van der Waals surface area contributed by atoms with Gasteiger partial charge in [-0.1, -0.05) is 30.0 Å². The van der Waals surface area contributed by atoms with E-state index >= 15 is 0 Å². The third-order valence-corrected chi connectivity index (χ3v) is 18.4. The average Bonchev–Trinajstić information content (AvgIpc) is 1.46. The Morgan fingerprint density at radius 2 is 0.776 bits per heavy atom. The summed E-state index contributed by atoms with van der Waals surface area (Å²) in [5.41, 5.74) is -0.115. The molecule has 534 valence electrons. The average molecular weight is 1840 g/mol. The number of halogens is 16. The maximum Gasteiger partial charge on any atom is 0.416 e. The largest absolute Gasteiger partial charge is 0.478 e. The van der Waals surface area contributed by atoms with Crippen LogP contribution in [0.25, 0.3) is 64.2 Å². The second kappa shape index (κ2) is 41.1. The van der Waals surface area contributed by atoms with E-state index in [0.29, 0.717) is 50.9 Å². The summed E-state index contributed by atoms with van der Waals surface area (Å²) in [5, 5.41) is 35.0. The van der Waals surface area contributed by atoms with Crippen molar-refractivity contribution in [1.29, 1.82) is 0 Å². The van der Waals surface area contributed by atoms with Crippen LogP contribution in [0.5, 0.6) is 0 Å². The molecule has 0 atom stereocenters. The number of carbonyl (C=O) groups is 4. The summed E-state index contributed by atoms with van der Waals surface area (Å²) in [6, 6.07) is 14.4. The number of nitrogens with one attached hydrogen (secondary N) is 1. The monoisotopic (exact) mass is 1840 g/mol. The first-order valence-electron chi connectivity index (χ1n) is 27.3. The van der Waals surface area contributed by atoms with Gasteiger partial charge in [0.15, 0.2) is 23.3 Å². The molecule has 8 rings (SSSR count). The van der Waals surface area contributed by atoms with E-state index in [4.69, 9.17) is 19.7 Å². The number of aliphatic carboxylic acids is 2. The van der Waals surface area contributed by atoms with Crippen molar-refractivity contribution in [1.82, 2.24) is 59.5 Å². The van der Waals surface area contributed by atoms with Crippen LogP contribution in [0, 0.1) is 27.7 Å². The van der Waals surface area contributed by atoms with Gasteiger partial charge in [0, 0.05) is 65.2 Å². The van der Waals surface area contributed by atoms with Crippen molar-refractivity contribution >= 4 is 108 Å². The van der Waals surface area contributed by atoms with Gasteiger partial charge in [0.2, 0.25) is 0 Å². The van der Waals surface area contributed by atoms with Crippen LogP contribution in [-0.4, -0.2) is 110 Å². The molecule has 4 aromatic carbocycles. The summed E-state index contributed by atoms with van der Waals surface area (Å²) in [4.78, 5) is 58.2. The van der Waals surface area contributed by atoms with E-state index in [9.17, 15) is 71.9 Å². The number of carboxylic acid groups (broad SMARTS) is 2. The smallest absolute Gasteiger partial charge is 0.416 e. The fraction of sp³-hybridized carbons (Fsp3) is 0.290. The summed E-state index contributed by atoms with van der Waals surface area (Å²) in [5.74, 6) is -2.53. The standard InChI is InChI=1S/C16H16F3N3O2.2C13H10F3N3O2.C10H8F3N3.C6H9IO2.C3H7I2.CH4.HI/c1-10(2)24-14(23)4-5-22-9-20-15(21-22)12-6-11(3)7-13(8-12)16(17,18)19;2*1-8-4-9(6-10(5-8)13(14,15)16)12-17-7-19(18-12)3-2-11(20)21;1-6-2-7(9-14-5-15-16-9)4-8(3-6)10(11,12)13;1-5(2)9-6(8)3-4-7;1-3(2)5-4;;/h4-10H,1-3H3;2*2-7H,1H3,(H,20,21);2-5H,1H3,(H,14,15,16);3-5H,1-2H3;3H,1-2H3;1H4;1H/q;;;;;-1;;/b5-4-;3-2+;3-2-;;4-3-;;;. The number of ether oxygens (including phenoxy) is 2. The molecule has 0 unspecified atom stereocenters. The fourth-order valence-corrected chi connectivity index (χ4v) is 7.40. The third-order valence-electron chi connectivity index (χ3n) is 10.8. The number of H-pyrrole nitrogens is 1. The summed E-state index contributed by atoms with van der Waals surface area (Å²) in [6.45, 7) is 17.9. The van der Waals surface area contributed by atoms with E-state index in [0.717, 1.165) is 92.4 Å². The molecule has 0 fully saturated rings. The van der Waals surface area contributed by atoms with Crippen LogP contribution in [0.15, 0.2) is 126 Å². The molecule has 0 spiro atoms. The first-order chi connectivity index (χ1) is 44.6. The maximum atomic E-state index is 12.9. The Balaban J connectivity index is 0.000000612. The molecule has 0 aliphatic heterocycles. The molecule has 0 radical (unpaired) electrons. The van der Waals surface area contributed by atoms with Gasteiger partial charge in [0.1, 0.15) is 25.3 Å². The Morgan fingerprint density at radius 3 is 1.03 bits per heavy atom. The van der Waals surface area contributed by atoms with Gasteiger partial charge in [0.05, 0.1) is 34.5 Å². The molecule has 98 heavy (non-hydrogen) atoms. The van der Waals surface area contributed by atoms with Gasteiger partial charge in [0.25, 0.3) is 0 Å². The van der Waals surface area contributed by atoms with E-state index in [-0.39, 0.29) is 83.7 Å². The van der Waals surface area contributed by atoms with E-state index in [1.54, 1.807) is 57.8 Å². The second-order valence-corrected chi connectivity index (χ2v) is 27.1. The SMILES string of the molecule is C.CC(C)OC(=O)/C=C\I.CC(C)[I-]I.Cc1cc(-c2ncn(/C=C/C(=O)O)n2)cc(C(F)(F)F)c1.Cc1cc(-c2ncn(/C=C\C(=O)O)n2)cc(C(F)(F)F)c1.Cc1cc(-c2ncn(/C=C\C(=O)OC(C)C)n2)cc(C(F)(F)F)c1.Cc1cc(-c2ncn[nH]2)cc(C(F)(F)F)c1.I. The third kappa shape index (κ3) is 33.3. The van der Waals surface area contributed by atoms with Crippen molar-refractivity contribution in [2.24, 2.45) is 0 Å². The van der Waals surface area contributed by atoms with Crippen LogP contribution >= 0.6 is 65.2 Å². The van der Waals surface area contributed by atoms with Gasteiger partial charge in [-0.05, 0) is 155 Å². The number of hydrogen-bond donors (Lipinski definition) is 3. The second-order valence-electron chi connectivity index (χ2n) is 20.3. The Morgan fingerprint density at radius 1 is 0.490 bits per heavy atom. The fourth-order valence-electron chi connectivity index (χ4n) is 7.10. The number of esters is 2. The number of carbonyl (C=O) groups excluding carboxylic acids is 2. The normalized spacial score (nSPS) is 11.5. The van der Waals surface area contributed by atoms with Crippen LogP contribution in [0.2, 0.25) is 0 Å². The summed E-state index contributed by atoms with van der Waals surface area (Å²) in [7, 11) is 0. The van der Waals surface area contributed by atoms with Gasteiger partial charge in [-0.15, -0.1) is 39.3 Å². The van der Waals surface area contributed by atoms with Crippen LogP contribution < -0.4 is 17.2 Å². The van der Waals surface area contributed by atoms with Crippen molar-refractivity contribution in [3.05, 3.63) is 171 Å². The predicted octanol–water partition coefficient (Wildman–Crippen LogP) is 14.1. The number of alkyl halides is 13. The topological polar surface area (TPSA) is 261 Å². The minimum atomic E-state index is -4.45. The molecule has 0 saturated carbocycles. The van der Waals surface area contributed by atoms with Gasteiger partial charge in [-0.2, -0.15) is 57.8 Å². The molecular formula is C62H65F12I4N12O8-. The Kier molecular flexibility index (Phi) is 37.0. The zero-order chi connectivity index (χ0) is 72.5. The van der Waals surface area contributed by atoms with Gasteiger partial charge < -0.3 is 19.7 Å². The number of hydrogen-bond acceptors (Lipinski definition) is 14. The molecule has 0 bridgehead atoms. The van der Waals surface area contributed by atoms with Gasteiger partial charge >= 0.3 is 102 Å². The van der Waals surface area contributed by atoms with Crippen molar-refractivity contribution in [2.45, 2.75) is 118 Å². The van der Waals surface area contributed by atoms with Crippen LogP contribution in [0.1, 0.15) is 93.5 Å². The molecule has 3 N–H and O–H groups in total. The number of aromatic nitrogens is 12. The van der Waals surface area contributed by atoms with Crippen LogP contribution in [0.4, 0.5) is 52.7 Å². The first-order valence-corrected chi connectivity index (χ1v) is 36.1. The number of benzene rings is 4. The number of aromatic amines is 1. The Hall–Kier alpha value is -7.64. The van der Waals surface area contributed by atoms with Crippen LogP contribution in [-0.2, 0) is 53.4 Å². The molecule has 0 saturated heterocycles. The quantitative estimate of drug-likeness (QED) is 0.0300. The molecular weight excluding hydrogens is 1780 g/mol. The molecule has 4 aromatic heterocycles. The van der Waals surface area contributed by atoms with Crippen molar-refractivity contribution in [2.75, 3.05) is 0 Å². The van der Waals surface area contributed by atoms with Crippen molar-refractivity contribution in [3.8, 4) is 45.6 Å². The van der Waals surface area contributed by atoms with E-state index < -0.39 is 64.9 Å². The summed E-state index contributed by atoms with van der Waals surface area (Å²) >= 11 is 4.97. The molecule has 36 heteroatoms. The van der Waals surface area contributed by atoms with Gasteiger partial charge in [-0.25, -0.2) is 53.2 Å². The number of aryl methyl sites for hydroxylation is 4. The minimum absolute atomic E-state index is 0. The molecule has 4 heterocycles. The zero-order valence-corrected chi connectivity index (χ0v) is 61.2. The Labute approximate surface area is 605 Å². The van der Waals surface area contributed by atoms with E-state index in [2.05, 4.69) is 77.9 Å². The van der Waals surface area contributed by atoms with Crippen molar-refractivity contribution in [3.63, 3.8) is 0 Å². The van der Waals surface area contributed by atoms with E-state index in [1.807, 2.05) is 36.4 Å². The maximum absolute atomic E-state index is 12.9. The number of rotatable bonds is 14. The molecule has 8 aromatic rings. The molecule has 0 aliphatic carbocycles. The van der Waals surface area contributed by atoms with Gasteiger partial charge in [-0.3, -0.25) is 5.10 Å². The molecule has 0 aliphatic rings. The minimum Gasteiger partial charge on any atom is -0.478 e. The van der Waals surface area contributed by atoms with Crippen LogP contribution in [0.3, 0.4) is 0 Å². The van der Waals surface area contributed by atoms with E-state index in [1.165, 1.54) is 54.4 Å². The number of nitrogens with zero attached hydrogens (tertiary/aromatic N) is 11. The molecule has 20 nitrogen and oxygen atoms in total. The van der Waals surface area contributed by atoms with Crippen molar-refractivity contribution < 1.29 is 109 Å². The summed E-state index contributed by atoms with van der Waals surface area (Å²) in [6.07, 6.45) is -5.15. The first kappa shape index (κ1) is 88.4. The molecule has 0 amide bonds. The summed E-state index contributed by atoms with van der Waals surface area (Å²) < 4.78 is 169. The predicted molar refractivity (Wildman–Crippen MR) is 365 cm³/mol. The number of carboxylic acids is 2. The zero-order valence-electron chi connectivity index (χ0n) is 52.4. The Bertz CT molecular complexity index is 3850.